The summed E-state index contributed by atoms with van der Waals surface area (Å²) in [6.07, 6.45) is 0.520. The van der Waals surface area contributed by atoms with Gasteiger partial charge in [0.15, 0.2) is 0 Å². The van der Waals surface area contributed by atoms with Crippen molar-refractivity contribution in [1.82, 2.24) is 10.6 Å². The zero-order chi connectivity index (χ0) is 15.2. The van der Waals surface area contributed by atoms with Gasteiger partial charge in [-0.25, -0.2) is 0 Å². The van der Waals surface area contributed by atoms with Crippen LogP contribution in [0.5, 0.6) is 0 Å². The predicted octanol–water partition coefficient (Wildman–Crippen LogP) is 0.243. The highest BCUT2D eigenvalue weighted by Crippen LogP contribution is 2.06. The molecular weight excluding hydrogens is 306 g/mol. The monoisotopic (exact) mass is 327 g/mol. The molecule has 1 fully saturated rings. The maximum atomic E-state index is 12.0. The number of ether oxygens (including phenoxy) is 1. The van der Waals surface area contributed by atoms with Gasteiger partial charge in [0.05, 0.1) is 12.7 Å². The molecule has 1 saturated heterocycles. The summed E-state index contributed by atoms with van der Waals surface area (Å²) in [6, 6.07) is 6.81. The number of nitrogens with one attached hydrogen (secondary N) is 2. The van der Waals surface area contributed by atoms with Crippen molar-refractivity contribution in [1.29, 1.82) is 0 Å². The van der Waals surface area contributed by atoms with Crippen molar-refractivity contribution in [3.05, 3.63) is 35.4 Å². The van der Waals surface area contributed by atoms with E-state index in [-0.39, 0.29) is 30.5 Å². The molecule has 2 amide bonds. The number of nitrogens with two attached hydrogens (primary N) is 1. The Labute approximate surface area is 136 Å². The molecule has 6 nitrogen and oxygen atoms in total. The molecule has 1 aliphatic rings. The minimum atomic E-state index is -0.446. The summed E-state index contributed by atoms with van der Waals surface area (Å²) in [6.45, 7) is 3.70. The smallest absolute Gasteiger partial charge is 0.248 e. The number of benzene rings is 1. The molecule has 0 unspecified atom stereocenters. The molecule has 22 heavy (non-hydrogen) atoms. The topological polar surface area (TPSA) is 93.4 Å². The van der Waals surface area contributed by atoms with Gasteiger partial charge in [-0.2, -0.15) is 0 Å². The molecule has 122 valence electrons. The lowest BCUT2D eigenvalue weighted by Gasteiger charge is -2.29. The van der Waals surface area contributed by atoms with Crippen molar-refractivity contribution in [2.75, 3.05) is 19.7 Å². The molecule has 1 aliphatic heterocycles. The molecule has 0 radical (unpaired) electrons. The number of halogens is 1. The van der Waals surface area contributed by atoms with Gasteiger partial charge < -0.3 is 21.1 Å². The Balaban J connectivity index is 0.00000242. The Morgan fingerprint density at radius 1 is 1.45 bits per heavy atom. The van der Waals surface area contributed by atoms with E-state index in [1.807, 2.05) is 13.0 Å². The molecule has 7 heteroatoms. The van der Waals surface area contributed by atoms with Gasteiger partial charge in [0.25, 0.3) is 0 Å². The standard InChI is InChI=1S/C15H21N3O3.ClH/c1-10-13(17-7-8-21-10)15(20)18-6-5-11-3-2-4-12(9-11)14(16)19;/h2-4,9-10,13,17H,5-8H2,1H3,(H2,16,19)(H,18,20);1H/t10-,13+;/m1./s1. The first kappa shape index (κ1) is 18.4. The van der Waals surface area contributed by atoms with E-state index in [1.54, 1.807) is 18.2 Å². The fraction of sp³-hybridized carbons (Fsp3) is 0.467. The van der Waals surface area contributed by atoms with E-state index in [0.29, 0.717) is 31.7 Å². The van der Waals surface area contributed by atoms with E-state index in [2.05, 4.69) is 10.6 Å². The summed E-state index contributed by atoms with van der Waals surface area (Å²) < 4.78 is 5.44. The number of hydrogen-bond donors (Lipinski definition) is 3. The number of hydrogen-bond acceptors (Lipinski definition) is 4. The number of primary amides is 1. The third-order valence-corrected chi connectivity index (χ3v) is 3.52. The highest BCUT2D eigenvalue weighted by Gasteiger charge is 2.27. The molecule has 1 aromatic carbocycles. The minimum absolute atomic E-state index is 0. The molecule has 0 spiro atoms. The zero-order valence-corrected chi connectivity index (χ0v) is 13.3. The predicted molar refractivity (Wildman–Crippen MR) is 86.1 cm³/mol. The van der Waals surface area contributed by atoms with Crippen molar-refractivity contribution < 1.29 is 14.3 Å². The number of amides is 2. The Morgan fingerprint density at radius 3 is 2.91 bits per heavy atom. The van der Waals surface area contributed by atoms with Crippen LogP contribution in [0.1, 0.15) is 22.8 Å². The molecular formula is C15H22ClN3O3. The highest BCUT2D eigenvalue weighted by molar-refractivity contribution is 5.92. The second-order valence-corrected chi connectivity index (χ2v) is 5.11. The summed E-state index contributed by atoms with van der Waals surface area (Å²) >= 11 is 0. The molecule has 1 heterocycles. The molecule has 1 aromatic rings. The van der Waals surface area contributed by atoms with Crippen molar-refractivity contribution in [2.24, 2.45) is 5.73 Å². The minimum Gasteiger partial charge on any atom is -0.375 e. The fourth-order valence-electron chi connectivity index (χ4n) is 2.35. The summed E-state index contributed by atoms with van der Waals surface area (Å²) in [7, 11) is 0. The Morgan fingerprint density at radius 2 is 2.23 bits per heavy atom. The summed E-state index contributed by atoms with van der Waals surface area (Å²) in [5.41, 5.74) is 6.69. The first-order chi connectivity index (χ1) is 10.1. The third-order valence-electron chi connectivity index (χ3n) is 3.52. The van der Waals surface area contributed by atoms with Crippen LogP contribution >= 0.6 is 12.4 Å². The normalized spacial score (nSPS) is 20.8. The SMILES string of the molecule is C[C@H]1OCCN[C@@H]1C(=O)NCCc1cccc(C(N)=O)c1.Cl. The first-order valence-corrected chi connectivity index (χ1v) is 7.09. The molecule has 0 saturated carbocycles. The maximum Gasteiger partial charge on any atom is 0.248 e. The Hall–Kier alpha value is -1.63. The zero-order valence-electron chi connectivity index (χ0n) is 12.5. The van der Waals surface area contributed by atoms with Gasteiger partial charge in [-0.05, 0) is 31.0 Å². The number of rotatable bonds is 5. The van der Waals surface area contributed by atoms with Crippen LogP contribution in [0, 0.1) is 0 Å². The van der Waals surface area contributed by atoms with E-state index >= 15 is 0 Å². The van der Waals surface area contributed by atoms with Crippen LogP contribution in [-0.2, 0) is 16.0 Å². The maximum absolute atomic E-state index is 12.0. The lowest BCUT2D eigenvalue weighted by molar-refractivity contribution is -0.128. The Bertz CT molecular complexity index is 525. The van der Waals surface area contributed by atoms with Gasteiger partial charge in [0.1, 0.15) is 6.04 Å². The van der Waals surface area contributed by atoms with E-state index in [4.69, 9.17) is 10.5 Å². The Kier molecular flexibility index (Phi) is 7.31. The van der Waals surface area contributed by atoms with Crippen molar-refractivity contribution in [2.45, 2.75) is 25.5 Å². The van der Waals surface area contributed by atoms with Crippen LogP contribution in [0.25, 0.3) is 0 Å². The van der Waals surface area contributed by atoms with Crippen molar-refractivity contribution in [3.63, 3.8) is 0 Å². The van der Waals surface area contributed by atoms with Crippen LogP contribution < -0.4 is 16.4 Å². The van der Waals surface area contributed by atoms with E-state index in [1.165, 1.54) is 0 Å². The third kappa shape index (κ3) is 4.98. The summed E-state index contributed by atoms with van der Waals surface area (Å²) in [4.78, 5) is 23.2. The van der Waals surface area contributed by atoms with Gasteiger partial charge in [0, 0.05) is 18.7 Å². The van der Waals surface area contributed by atoms with Crippen LogP contribution in [0.3, 0.4) is 0 Å². The lowest BCUT2D eigenvalue weighted by Crippen LogP contribution is -2.55. The molecule has 2 rings (SSSR count). The van der Waals surface area contributed by atoms with Gasteiger partial charge in [-0.1, -0.05) is 12.1 Å². The summed E-state index contributed by atoms with van der Waals surface area (Å²) in [5, 5.41) is 6.03. The number of carbonyl (C=O) groups is 2. The fourth-order valence-corrected chi connectivity index (χ4v) is 2.35. The quantitative estimate of drug-likeness (QED) is 0.722. The second-order valence-electron chi connectivity index (χ2n) is 5.11. The van der Waals surface area contributed by atoms with Crippen molar-refractivity contribution in [3.8, 4) is 0 Å². The lowest BCUT2D eigenvalue weighted by atomic mass is 10.1. The molecule has 0 bridgehead atoms. The first-order valence-electron chi connectivity index (χ1n) is 7.09. The molecule has 2 atom stereocenters. The summed E-state index contributed by atoms with van der Waals surface area (Å²) in [5.74, 6) is -0.508. The van der Waals surface area contributed by atoms with E-state index in [9.17, 15) is 9.59 Å². The van der Waals surface area contributed by atoms with Crippen molar-refractivity contribution >= 4 is 24.2 Å². The molecule has 4 N–H and O–H groups in total. The van der Waals surface area contributed by atoms with Crippen LogP contribution in [0.4, 0.5) is 0 Å². The largest absolute Gasteiger partial charge is 0.375 e. The van der Waals surface area contributed by atoms with Crippen LogP contribution in [-0.4, -0.2) is 43.7 Å². The van der Waals surface area contributed by atoms with Gasteiger partial charge >= 0.3 is 0 Å². The molecule has 0 aliphatic carbocycles. The number of morpholine rings is 1. The highest BCUT2D eigenvalue weighted by atomic mass is 35.5. The number of carbonyl (C=O) groups excluding carboxylic acids is 2. The van der Waals surface area contributed by atoms with Gasteiger partial charge in [-0.3, -0.25) is 9.59 Å². The molecule has 0 aromatic heterocycles. The van der Waals surface area contributed by atoms with E-state index < -0.39 is 5.91 Å². The van der Waals surface area contributed by atoms with Gasteiger partial charge in [0.2, 0.25) is 11.8 Å². The van der Waals surface area contributed by atoms with Crippen LogP contribution in [0.2, 0.25) is 0 Å². The average Bonchev–Trinajstić information content (AvgIpc) is 2.48. The van der Waals surface area contributed by atoms with E-state index in [0.717, 1.165) is 5.56 Å². The van der Waals surface area contributed by atoms with Gasteiger partial charge in [-0.15, -0.1) is 12.4 Å². The average molecular weight is 328 g/mol. The van der Waals surface area contributed by atoms with Crippen LogP contribution in [0.15, 0.2) is 24.3 Å². The second kappa shape index (κ2) is 8.73.